The minimum atomic E-state index is -0.323. The quantitative estimate of drug-likeness (QED) is 0.826. The van der Waals surface area contributed by atoms with Crippen LogP contribution in [0.25, 0.3) is 0 Å². The summed E-state index contributed by atoms with van der Waals surface area (Å²) >= 11 is 1.51. The van der Waals surface area contributed by atoms with Gasteiger partial charge in [-0.2, -0.15) is 0 Å². The van der Waals surface area contributed by atoms with Crippen molar-refractivity contribution in [1.82, 2.24) is 10.2 Å². The van der Waals surface area contributed by atoms with E-state index in [4.69, 9.17) is 0 Å². The normalized spacial score (nSPS) is 24.4. The van der Waals surface area contributed by atoms with Crippen LogP contribution in [0, 0.1) is 5.41 Å². The van der Waals surface area contributed by atoms with Crippen LogP contribution in [0.1, 0.15) is 25.7 Å². The topological polar surface area (TPSA) is 61.4 Å². The van der Waals surface area contributed by atoms with E-state index in [1.165, 1.54) is 18.2 Å². The molecule has 1 unspecified atom stereocenters. The molecule has 2 fully saturated rings. The summed E-state index contributed by atoms with van der Waals surface area (Å²) in [5.41, 5.74) is 1.26. The highest BCUT2D eigenvalue weighted by Crippen LogP contribution is 2.39. The van der Waals surface area contributed by atoms with Gasteiger partial charge in [0.05, 0.1) is 10.9 Å². The zero-order chi connectivity index (χ0) is 16.6. The average molecular weight is 382 g/mol. The maximum absolute atomic E-state index is 12.6. The van der Waals surface area contributed by atoms with E-state index in [-0.39, 0.29) is 35.9 Å². The van der Waals surface area contributed by atoms with E-state index >= 15 is 0 Å². The molecular formula is C18H24ClN3O2S. The maximum atomic E-state index is 12.6. The van der Waals surface area contributed by atoms with Crippen LogP contribution in [-0.2, 0) is 9.59 Å². The third kappa shape index (κ3) is 3.81. The summed E-state index contributed by atoms with van der Waals surface area (Å²) in [6.45, 7) is 3.85. The Bertz CT molecular complexity index is 653. The highest BCUT2D eigenvalue weighted by atomic mass is 35.5. The molecule has 1 aromatic carbocycles. The maximum Gasteiger partial charge on any atom is 0.238 e. The van der Waals surface area contributed by atoms with Crippen LogP contribution in [0.5, 0.6) is 0 Å². The molecule has 1 atom stereocenters. The fourth-order valence-corrected chi connectivity index (χ4v) is 5.07. The minimum Gasteiger partial charge on any atom is -0.343 e. The summed E-state index contributed by atoms with van der Waals surface area (Å²) in [4.78, 5) is 27.9. The molecule has 2 amide bonds. The van der Waals surface area contributed by atoms with Gasteiger partial charge in [0.2, 0.25) is 11.8 Å². The Hall–Kier alpha value is -1.24. The van der Waals surface area contributed by atoms with Crippen molar-refractivity contribution >= 4 is 41.7 Å². The van der Waals surface area contributed by atoms with Crippen LogP contribution in [0.4, 0.5) is 5.69 Å². The Kier molecular flexibility index (Phi) is 5.61. The van der Waals surface area contributed by atoms with E-state index < -0.39 is 0 Å². The molecule has 0 aromatic heterocycles. The summed E-state index contributed by atoms with van der Waals surface area (Å²) in [6.07, 6.45) is 3.68. The molecule has 3 aliphatic heterocycles. The van der Waals surface area contributed by atoms with Gasteiger partial charge in [0, 0.05) is 31.0 Å². The first-order chi connectivity index (χ1) is 11.7. The van der Waals surface area contributed by atoms with Crippen LogP contribution in [0.3, 0.4) is 0 Å². The van der Waals surface area contributed by atoms with Crippen molar-refractivity contribution in [2.24, 2.45) is 5.41 Å². The first-order valence-corrected chi connectivity index (χ1v) is 9.58. The number of thioether (sulfide) groups is 1. The number of para-hydroxylation sites is 1. The largest absolute Gasteiger partial charge is 0.343 e. The Morgan fingerprint density at radius 3 is 2.72 bits per heavy atom. The molecule has 2 saturated heterocycles. The molecule has 0 bridgehead atoms. The summed E-state index contributed by atoms with van der Waals surface area (Å²) in [7, 11) is 0. The Balaban J connectivity index is 0.00000182. The molecule has 5 nitrogen and oxygen atoms in total. The van der Waals surface area contributed by atoms with Gasteiger partial charge < -0.3 is 15.5 Å². The van der Waals surface area contributed by atoms with Gasteiger partial charge in [-0.25, -0.2) is 0 Å². The van der Waals surface area contributed by atoms with E-state index in [2.05, 4.69) is 10.6 Å². The lowest BCUT2D eigenvalue weighted by Gasteiger charge is -2.39. The molecule has 1 aromatic rings. The number of anilines is 1. The Morgan fingerprint density at radius 1 is 1.24 bits per heavy atom. The fourth-order valence-electron chi connectivity index (χ4n) is 3.97. The Labute approximate surface area is 158 Å². The Morgan fingerprint density at radius 2 is 2.00 bits per heavy atom. The first-order valence-electron chi connectivity index (χ1n) is 8.70. The summed E-state index contributed by atoms with van der Waals surface area (Å²) < 4.78 is 0. The average Bonchev–Trinajstić information content (AvgIpc) is 3.04. The van der Waals surface area contributed by atoms with Gasteiger partial charge in [-0.3, -0.25) is 9.59 Å². The highest BCUT2D eigenvalue weighted by molar-refractivity contribution is 8.01. The second kappa shape index (κ2) is 7.56. The van der Waals surface area contributed by atoms with Gasteiger partial charge in [0.15, 0.2) is 0 Å². The fraction of sp³-hybridized carbons (Fsp3) is 0.556. The van der Waals surface area contributed by atoms with E-state index in [0.29, 0.717) is 5.41 Å². The lowest BCUT2D eigenvalue weighted by molar-refractivity contribution is -0.134. The molecule has 4 rings (SSSR count). The van der Waals surface area contributed by atoms with Crippen molar-refractivity contribution in [3.8, 4) is 0 Å². The van der Waals surface area contributed by atoms with Gasteiger partial charge in [0.25, 0.3) is 0 Å². The molecule has 3 heterocycles. The van der Waals surface area contributed by atoms with E-state index in [0.717, 1.165) is 49.6 Å². The predicted molar refractivity (Wildman–Crippen MR) is 102 cm³/mol. The first kappa shape index (κ1) is 18.5. The number of hydrogen-bond acceptors (Lipinski definition) is 4. The molecule has 0 saturated carbocycles. The SMILES string of the molecule is Cl.O=C1Nc2ccccc2SC1CC(=O)N1CCC2(CCNC2)CC1. The number of carbonyl (C=O) groups is 2. The number of carbonyl (C=O) groups excluding carboxylic acids is 2. The number of fused-ring (bicyclic) bond motifs is 1. The van der Waals surface area contributed by atoms with E-state index in [9.17, 15) is 9.59 Å². The number of nitrogens with one attached hydrogen (secondary N) is 2. The second-order valence-electron chi connectivity index (χ2n) is 7.10. The van der Waals surface area contributed by atoms with Gasteiger partial charge >= 0.3 is 0 Å². The molecule has 0 radical (unpaired) electrons. The zero-order valence-electron chi connectivity index (χ0n) is 14.1. The number of nitrogens with zero attached hydrogens (tertiary/aromatic N) is 1. The lowest BCUT2D eigenvalue weighted by atomic mass is 9.78. The van der Waals surface area contributed by atoms with Crippen LogP contribution < -0.4 is 10.6 Å². The summed E-state index contributed by atoms with van der Waals surface area (Å²) in [5, 5.41) is 6.04. The zero-order valence-corrected chi connectivity index (χ0v) is 15.8. The summed E-state index contributed by atoms with van der Waals surface area (Å²) in [6, 6.07) is 7.77. The number of amides is 2. The molecule has 3 aliphatic rings. The van der Waals surface area contributed by atoms with Crippen LogP contribution >= 0.6 is 24.2 Å². The van der Waals surface area contributed by atoms with Crippen molar-refractivity contribution < 1.29 is 9.59 Å². The standard InChI is InChI=1S/C18H23N3O2S.ClH/c22-16(21-9-6-18(7-10-21)5-8-19-12-18)11-15-17(23)20-13-3-1-2-4-14(13)24-15;/h1-4,15,19H,5-12H2,(H,20,23);1H. The smallest absolute Gasteiger partial charge is 0.238 e. The van der Waals surface area contributed by atoms with Crippen LogP contribution in [0.15, 0.2) is 29.2 Å². The van der Waals surface area contributed by atoms with Crippen LogP contribution in [-0.4, -0.2) is 48.1 Å². The van der Waals surface area contributed by atoms with Gasteiger partial charge in [-0.05, 0) is 43.4 Å². The highest BCUT2D eigenvalue weighted by Gasteiger charge is 2.39. The summed E-state index contributed by atoms with van der Waals surface area (Å²) in [5.74, 6) is 0.0587. The van der Waals surface area contributed by atoms with Crippen LogP contribution in [0.2, 0.25) is 0 Å². The number of likely N-dealkylation sites (tertiary alicyclic amines) is 1. The molecule has 0 aliphatic carbocycles. The van der Waals surface area contributed by atoms with E-state index in [1.807, 2.05) is 29.2 Å². The molecule has 25 heavy (non-hydrogen) atoms. The molecular weight excluding hydrogens is 358 g/mol. The number of rotatable bonds is 2. The van der Waals surface area contributed by atoms with Gasteiger partial charge in [-0.15, -0.1) is 24.2 Å². The monoisotopic (exact) mass is 381 g/mol. The minimum absolute atomic E-state index is 0. The molecule has 7 heteroatoms. The van der Waals surface area contributed by atoms with Crippen molar-refractivity contribution in [2.45, 2.75) is 35.8 Å². The van der Waals surface area contributed by atoms with Crippen molar-refractivity contribution in [2.75, 3.05) is 31.5 Å². The van der Waals surface area contributed by atoms with Gasteiger partial charge in [-0.1, -0.05) is 12.1 Å². The lowest BCUT2D eigenvalue weighted by Crippen LogP contribution is -2.45. The third-order valence-electron chi connectivity index (χ3n) is 5.58. The number of benzene rings is 1. The third-order valence-corrected chi connectivity index (χ3v) is 6.85. The second-order valence-corrected chi connectivity index (χ2v) is 8.35. The number of hydrogen-bond donors (Lipinski definition) is 2. The van der Waals surface area contributed by atoms with Gasteiger partial charge in [0.1, 0.15) is 0 Å². The van der Waals surface area contributed by atoms with Crippen molar-refractivity contribution in [1.29, 1.82) is 0 Å². The number of halogens is 1. The van der Waals surface area contributed by atoms with Crippen molar-refractivity contribution in [3.63, 3.8) is 0 Å². The predicted octanol–water partition coefficient (Wildman–Crippen LogP) is 2.51. The van der Waals surface area contributed by atoms with Crippen molar-refractivity contribution in [3.05, 3.63) is 24.3 Å². The molecule has 2 N–H and O–H groups in total. The number of piperidine rings is 1. The molecule has 1 spiro atoms. The molecule has 136 valence electrons. The van der Waals surface area contributed by atoms with E-state index in [1.54, 1.807) is 0 Å².